The minimum absolute atomic E-state index is 0.101. The van der Waals surface area contributed by atoms with Crippen LogP contribution in [-0.4, -0.2) is 82.5 Å². The minimum atomic E-state index is -1.53. The van der Waals surface area contributed by atoms with Crippen LogP contribution in [0.25, 0.3) is 0 Å². The smallest absolute Gasteiger partial charge is 0.410 e. The first kappa shape index (κ1) is 30.7. The van der Waals surface area contributed by atoms with Crippen LogP contribution in [0.5, 0.6) is 0 Å². The standard InChI is InChI=1S/C35H45NO9/c1-18-15-25(43-30(39)19(18)2)20(3)23-16-28(42-21(4)37)34(41)24-17-29-35(45-29)27(44-31(40)36-13-7-8-14-36)10-9-26(38)33(35,6)22(24)11-12-32(23,34)5/h9-10,16,20,22,24-25,27-29,41H,7-8,11-15,17H2,1-6H3/t20-,22-,24+,25+,27-,28-,29+,32+,33-,34-,35+/m0/s1. The molecule has 2 saturated carbocycles. The van der Waals surface area contributed by atoms with Crippen molar-refractivity contribution in [1.82, 2.24) is 4.90 Å². The molecule has 7 aliphatic rings. The molecule has 0 unspecified atom stereocenters. The van der Waals surface area contributed by atoms with Gasteiger partial charge in [-0.15, -0.1) is 0 Å². The second-order valence-electron chi connectivity index (χ2n) is 15.0. The molecule has 10 nitrogen and oxygen atoms in total. The fraction of sp³-hybridized carbons (Fsp3) is 0.714. The maximum atomic E-state index is 14.0. The summed E-state index contributed by atoms with van der Waals surface area (Å²) in [4.78, 5) is 53.9. The number of ketones is 1. The van der Waals surface area contributed by atoms with Gasteiger partial charge < -0.3 is 29.0 Å². The topological polar surface area (TPSA) is 132 Å². The van der Waals surface area contributed by atoms with Crippen molar-refractivity contribution in [3.63, 3.8) is 0 Å². The molecule has 2 saturated heterocycles. The Kier molecular flexibility index (Phi) is 6.82. The van der Waals surface area contributed by atoms with Crippen molar-refractivity contribution in [2.24, 2.45) is 28.6 Å². The SMILES string of the molecule is CC(=O)O[C@H]1C=C([C@H](C)[C@H]2CC(C)=C(C)C(=O)O2)[C@@]2(C)CC[C@H]3[C@@H](C[C@H]4O[C@]45[C@@H](OC(=O)N4CCCC4)C=CC(=O)[C@]35C)[C@]12O. The van der Waals surface area contributed by atoms with Gasteiger partial charge in [-0.1, -0.05) is 25.0 Å². The van der Waals surface area contributed by atoms with Crippen LogP contribution < -0.4 is 0 Å². The highest BCUT2D eigenvalue weighted by Gasteiger charge is 2.83. The Labute approximate surface area is 264 Å². The van der Waals surface area contributed by atoms with E-state index in [0.717, 1.165) is 24.0 Å². The number of rotatable bonds is 4. The van der Waals surface area contributed by atoms with E-state index in [0.29, 0.717) is 44.3 Å². The van der Waals surface area contributed by atoms with Gasteiger partial charge in [0.25, 0.3) is 0 Å². The van der Waals surface area contributed by atoms with Crippen LogP contribution in [0.1, 0.15) is 80.1 Å². The van der Waals surface area contributed by atoms with E-state index in [4.69, 9.17) is 18.9 Å². The summed E-state index contributed by atoms with van der Waals surface area (Å²) in [5, 5.41) is 13.1. The van der Waals surface area contributed by atoms with Gasteiger partial charge in [0.15, 0.2) is 11.9 Å². The monoisotopic (exact) mass is 623 g/mol. The summed E-state index contributed by atoms with van der Waals surface area (Å²) in [7, 11) is 0. The molecule has 4 fully saturated rings. The number of likely N-dealkylation sites (tertiary alicyclic amines) is 1. The quantitative estimate of drug-likeness (QED) is 0.212. The molecule has 10 heteroatoms. The van der Waals surface area contributed by atoms with Crippen LogP contribution >= 0.6 is 0 Å². The number of hydrogen-bond donors (Lipinski definition) is 1. The first-order valence-corrected chi connectivity index (χ1v) is 16.5. The van der Waals surface area contributed by atoms with E-state index in [2.05, 4.69) is 0 Å². The zero-order valence-corrected chi connectivity index (χ0v) is 27.1. The van der Waals surface area contributed by atoms with Gasteiger partial charge in [0, 0.05) is 43.3 Å². The molecular weight excluding hydrogens is 578 g/mol. The summed E-state index contributed by atoms with van der Waals surface area (Å²) in [5.74, 6) is -1.95. The molecule has 3 aliphatic heterocycles. The Hall–Kier alpha value is -2.98. The summed E-state index contributed by atoms with van der Waals surface area (Å²) in [5.41, 5.74) is -1.90. The number of carbonyl (C=O) groups is 4. The van der Waals surface area contributed by atoms with Gasteiger partial charge in [0.1, 0.15) is 23.4 Å². The van der Waals surface area contributed by atoms with Gasteiger partial charge >= 0.3 is 18.0 Å². The highest BCUT2D eigenvalue weighted by Crippen LogP contribution is 2.74. The Morgan fingerprint density at radius 1 is 1.09 bits per heavy atom. The minimum Gasteiger partial charge on any atom is -0.458 e. The summed E-state index contributed by atoms with van der Waals surface area (Å²) in [6.45, 7) is 12.3. The molecule has 4 aliphatic carbocycles. The Morgan fingerprint density at radius 2 is 1.80 bits per heavy atom. The third kappa shape index (κ3) is 3.93. The number of epoxide rings is 1. The number of aliphatic hydroxyl groups is 1. The molecule has 1 N–H and O–H groups in total. The zero-order valence-electron chi connectivity index (χ0n) is 27.1. The second kappa shape index (κ2) is 10.0. The van der Waals surface area contributed by atoms with Crippen molar-refractivity contribution < 1.29 is 43.2 Å². The molecule has 0 aromatic heterocycles. The molecule has 45 heavy (non-hydrogen) atoms. The average Bonchev–Trinajstić information content (AvgIpc) is 3.35. The summed E-state index contributed by atoms with van der Waals surface area (Å²) < 4.78 is 24.3. The van der Waals surface area contributed by atoms with Gasteiger partial charge in [-0.05, 0) is 82.9 Å². The number of nitrogens with zero attached hydrogens (tertiary/aromatic N) is 1. The van der Waals surface area contributed by atoms with Crippen molar-refractivity contribution in [3.8, 4) is 0 Å². The number of ether oxygens (including phenoxy) is 4. The van der Waals surface area contributed by atoms with Crippen molar-refractivity contribution >= 4 is 23.8 Å². The van der Waals surface area contributed by atoms with Crippen LogP contribution in [0, 0.1) is 28.6 Å². The fourth-order valence-electron chi connectivity index (χ4n) is 10.3. The van der Waals surface area contributed by atoms with Crippen molar-refractivity contribution in [2.45, 2.75) is 116 Å². The van der Waals surface area contributed by atoms with Gasteiger partial charge in [-0.2, -0.15) is 0 Å². The summed E-state index contributed by atoms with van der Waals surface area (Å²) >= 11 is 0. The lowest BCUT2D eigenvalue weighted by atomic mass is 9.42. The van der Waals surface area contributed by atoms with Crippen molar-refractivity contribution in [3.05, 3.63) is 34.9 Å². The summed E-state index contributed by atoms with van der Waals surface area (Å²) in [6.07, 6.45) is 6.21. The lowest BCUT2D eigenvalue weighted by molar-refractivity contribution is -0.224. The third-order valence-electron chi connectivity index (χ3n) is 13.1. The van der Waals surface area contributed by atoms with E-state index in [1.54, 1.807) is 17.9 Å². The van der Waals surface area contributed by atoms with E-state index >= 15 is 0 Å². The number of esters is 2. The highest BCUT2D eigenvalue weighted by atomic mass is 16.7. The molecule has 1 amide bonds. The predicted molar refractivity (Wildman–Crippen MR) is 160 cm³/mol. The van der Waals surface area contributed by atoms with E-state index in [1.165, 1.54) is 13.0 Å². The molecule has 1 spiro atoms. The normalized spacial score (nSPS) is 45.5. The van der Waals surface area contributed by atoms with E-state index < -0.39 is 64.4 Å². The molecule has 11 atom stereocenters. The second-order valence-corrected chi connectivity index (χ2v) is 15.0. The predicted octanol–water partition coefficient (Wildman–Crippen LogP) is 4.20. The first-order valence-electron chi connectivity index (χ1n) is 16.5. The molecular formula is C35H45NO9. The molecule has 0 aromatic carbocycles. The number of carbonyl (C=O) groups excluding carboxylic acids is 4. The van der Waals surface area contributed by atoms with Crippen LogP contribution in [0.4, 0.5) is 4.79 Å². The van der Waals surface area contributed by atoms with E-state index in [1.807, 2.05) is 33.8 Å². The van der Waals surface area contributed by atoms with Gasteiger partial charge in [-0.3, -0.25) is 9.59 Å². The van der Waals surface area contributed by atoms with Gasteiger partial charge in [0.05, 0.1) is 11.5 Å². The Bertz CT molecular complexity index is 1460. The number of hydrogen-bond acceptors (Lipinski definition) is 9. The number of amides is 1. The van der Waals surface area contributed by atoms with Crippen LogP contribution in [0.2, 0.25) is 0 Å². The number of allylic oxidation sites excluding steroid dienone is 1. The summed E-state index contributed by atoms with van der Waals surface area (Å²) in [6, 6.07) is 0. The van der Waals surface area contributed by atoms with Gasteiger partial charge in [-0.25, -0.2) is 9.59 Å². The zero-order chi connectivity index (χ0) is 32.3. The van der Waals surface area contributed by atoms with Gasteiger partial charge in [0.2, 0.25) is 0 Å². The first-order chi connectivity index (χ1) is 21.2. The number of fused-ring (bicyclic) bond motifs is 4. The maximum Gasteiger partial charge on any atom is 0.410 e. The van der Waals surface area contributed by atoms with Crippen LogP contribution in [0.15, 0.2) is 34.9 Å². The fourth-order valence-corrected chi connectivity index (χ4v) is 10.3. The van der Waals surface area contributed by atoms with E-state index in [9.17, 15) is 24.3 Å². The molecule has 7 rings (SSSR count). The molecule has 3 heterocycles. The average molecular weight is 624 g/mol. The van der Waals surface area contributed by atoms with Crippen LogP contribution in [-0.2, 0) is 33.3 Å². The Morgan fingerprint density at radius 3 is 2.47 bits per heavy atom. The molecule has 244 valence electrons. The lowest BCUT2D eigenvalue weighted by Crippen LogP contribution is -2.70. The van der Waals surface area contributed by atoms with E-state index in [-0.39, 0.29) is 23.6 Å². The molecule has 0 radical (unpaired) electrons. The largest absolute Gasteiger partial charge is 0.458 e. The molecule has 0 bridgehead atoms. The Balaban J connectivity index is 1.23. The lowest BCUT2D eigenvalue weighted by Gasteiger charge is -2.61. The maximum absolute atomic E-state index is 14.0. The van der Waals surface area contributed by atoms with Crippen molar-refractivity contribution in [2.75, 3.05) is 13.1 Å². The van der Waals surface area contributed by atoms with Crippen molar-refractivity contribution in [1.29, 1.82) is 0 Å². The third-order valence-corrected chi connectivity index (χ3v) is 13.1. The molecule has 0 aromatic rings. The van der Waals surface area contributed by atoms with Crippen LogP contribution in [0.3, 0.4) is 0 Å². The number of cyclic esters (lactones) is 1. The highest BCUT2D eigenvalue weighted by molar-refractivity contribution is 5.98.